The zero-order valence-electron chi connectivity index (χ0n) is 9.09. The Balaban J connectivity index is 3.23. The summed E-state index contributed by atoms with van der Waals surface area (Å²) < 4.78 is 6.72. The van der Waals surface area contributed by atoms with Gasteiger partial charge in [0.1, 0.15) is 5.75 Å². The third-order valence-electron chi connectivity index (χ3n) is 2.27. The molecule has 1 rings (SSSR count). The predicted molar refractivity (Wildman–Crippen MR) is 72.1 cm³/mol. The molecule has 1 aromatic carbocycles. The number of hydrogen-bond donors (Lipinski definition) is 0. The Morgan fingerprint density at radius 3 is 2.56 bits per heavy atom. The number of hydrogen-bond acceptors (Lipinski definition) is 2. The molecule has 0 N–H and O–H groups in total. The Hall–Kier alpha value is -0.610. The largest absolute Gasteiger partial charge is 0.496 e. The predicted octanol–water partition coefficient (Wildman–Crippen LogP) is 4.23. The highest BCUT2D eigenvalue weighted by Crippen LogP contribution is 2.32. The Labute approximate surface area is 112 Å². The lowest BCUT2D eigenvalue weighted by atomic mass is 9.99. The summed E-state index contributed by atoms with van der Waals surface area (Å²) in [7, 11) is 1.57. The Morgan fingerprint density at radius 1 is 1.44 bits per heavy atom. The molecule has 2 nitrogen and oxygen atoms in total. The zero-order valence-corrected chi connectivity index (χ0v) is 12.3. The number of rotatable bonds is 4. The van der Waals surface area contributed by atoms with Crippen molar-refractivity contribution >= 4 is 37.6 Å². The van der Waals surface area contributed by atoms with E-state index in [1.807, 2.05) is 13.0 Å². The first-order chi connectivity index (χ1) is 7.51. The second-order valence-corrected chi connectivity index (χ2v) is 5.06. The van der Waals surface area contributed by atoms with E-state index in [9.17, 15) is 4.79 Å². The van der Waals surface area contributed by atoms with Crippen molar-refractivity contribution in [2.24, 2.45) is 5.92 Å². The molecule has 0 fully saturated rings. The average molecular weight is 348 g/mol. The van der Waals surface area contributed by atoms with Crippen LogP contribution in [0.3, 0.4) is 0 Å². The van der Waals surface area contributed by atoms with Gasteiger partial charge in [-0.05, 0) is 28.1 Å². The van der Waals surface area contributed by atoms with Gasteiger partial charge in [0.2, 0.25) is 0 Å². The van der Waals surface area contributed by atoms with E-state index in [1.165, 1.54) is 0 Å². The zero-order chi connectivity index (χ0) is 12.3. The van der Waals surface area contributed by atoms with Gasteiger partial charge in [-0.25, -0.2) is 0 Å². The van der Waals surface area contributed by atoms with Gasteiger partial charge in [0.05, 0.1) is 11.6 Å². The maximum atomic E-state index is 12.0. The van der Waals surface area contributed by atoms with E-state index >= 15 is 0 Å². The number of allylic oxidation sites excluding steroid dienone is 1. The Kier molecular flexibility index (Phi) is 4.74. The highest BCUT2D eigenvalue weighted by molar-refractivity contribution is 9.11. The molecule has 1 unspecified atom stereocenters. The summed E-state index contributed by atoms with van der Waals surface area (Å²) in [5.41, 5.74) is 0.604. The first-order valence-corrected chi connectivity index (χ1v) is 6.29. The van der Waals surface area contributed by atoms with Crippen molar-refractivity contribution in [3.8, 4) is 5.75 Å². The minimum absolute atomic E-state index is 0.0210. The quantitative estimate of drug-likeness (QED) is 0.602. The molecule has 0 aliphatic carbocycles. The van der Waals surface area contributed by atoms with Crippen molar-refractivity contribution < 1.29 is 9.53 Å². The van der Waals surface area contributed by atoms with E-state index < -0.39 is 0 Å². The van der Waals surface area contributed by atoms with Gasteiger partial charge >= 0.3 is 0 Å². The number of methoxy groups -OCH3 is 1. The molecule has 0 aliphatic heterocycles. The van der Waals surface area contributed by atoms with Crippen LogP contribution in [-0.2, 0) is 0 Å². The minimum atomic E-state index is -0.206. The van der Waals surface area contributed by atoms with Crippen LogP contribution in [0.1, 0.15) is 17.3 Å². The molecule has 0 amide bonds. The molecule has 0 saturated heterocycles. The smallest absolute Gasteiger partial charge is 0.170 e. The van der Waals surface area contributed by atoms with E-state index in [1.54, 1.807) is 19.3 Å². The first-order valence-electron chi connectivity index (χ1n) is 4.71. The summed E-state index contributed by atoms with van der Waals surface area (Å²) in [6, 6.07) is 3.53. The molecule has 0 aliphatic rings. The van der Waals surface area contributed by atoms with Crippen LogP contribution in [0.25, 0.3) is 0 Å². The van der Waals surface area contributed by atoms with Crippen LogP contribution in [0.4, 0.5) is 0 Å². The van der Waals surface area contributed by atoms with Crippen molar-refractivity contribution in [3.63, 3.8) is 0 Å². The fraction of sp³-hybridized carbons (Fsp3) is 0.250. The van der Waals surface area contributed by atoms with Crippen LogP contribution in [0.2, 0.25) is 0 Å². The minimum Gasteiger partial charge on any atom is -0.496 e. The van der Waals surface area contributed by atoms with Crippen LogP contribution in [0, 0.1) is 5.92 Å². The van der Waals surface area contributed by atoms with Crippen molar-refractivity contribution in [2.45, 2.75) is 6.92 Å². The lowest BCUT2D eigenvalue weighted by Gasteiger charge is -2.10. The van der Waals surface area contributed by atoms with Crippen LogP contribution < -0.4 is 4.74 Å². The Bertz CT molecular complexity index is 427. The van der Waals surface area contributed by atoms with Crippen LogP contribution in [0.5, 0.6) is 5.75 Å². The molecule has 16 heavy (non-hydrogen) atoms. The van der Waals surface area contributed by atoms with Crippen molar-refractivity contribution in [1.82, 2.24) is 0 Å². The van der Waals surface area contributed by atoms with Gasteiger partial charge in [-0.1, -0.05) is 28.9 Å². The fourth-order valence-corrected chi connectivity index (χ4v) is 2.58. The fourth-order valence-electron chi connectivity index (χ4n) is 1.23. The Morgan fingerprint density at radius 2 is 2.06 bits per heavy atom. The summed E-state index contributed by atoms with van der Waals surface area (Å²) in [6.45, 7) is 5.44. The lowest BCUT2D eigenvalue weighted by Crippen LogP contribution is -2.09. The molecule has 0 aromatic heterocycles. The molecular formula is C12H12Br2O2. The topological polar surface area (TPSA) is 26.3 Å². The van der Waals surface area contributed by atoms with Gasteiger partial charge in [-0.2, -0.15) is 0 Å². The van der Waals surface area contributed by atoms with Gasteiger partial charge < -0.3 is 4.74 Å². The SMILES string of the molecule is C=CC(C)C(=O)c1cc(OC)c(Br)cc1Br. The number of halogens is 2. The number of Topliss-reactive ketones (excluding diaryl/α,β-unsaturated/α-hetero) is 1. The summed E-state index contributed by atoms with van der Waals surface area (Å²) in [5.74, 6) is 0.456. The summed E-state index contributed by atoms with van der Waals surface area (Å²) >= 11 is 6.73. The van der Waals surface area contributed by atoms with E-state index in [0.29, 0.717) is 11.3 Å². The van der Waals surface area contributed by atoms with Gasteiger partial charge in [-0.15, -0.1) is 6.58 Å². The molecule has 0 spiro atoms. The van der Waals surface area contributed by atoms with Crippen LogP contribution in [-0.4, -0.2) is 12.9 Å². The van der Waals surface area contributed by atoms with Crippen molar-refractivity contribution in [2.75, 3.05) is 7.11 Å². The van der Waals surface area contributed by atoms with E-state index in [4.69, 9.17) is 4.74 Å². The van der Waals surface area contributed by atoms with Crippen molar-refractivity contribution in [3.05, 3.63) is 39.3 Å². The highest BCUT2D eigenvalue weighted by Gasteiger charge is 2.17. The third-order valence-corrected chi connectivity index (χ3v) is 3.55. The monoisotopic (exact) mass is 346 g/mol. The van der Waals surface area contributed by atoms with E-state index in [-0.39, 0.29) is 11.7 Å². The lowest BCUT2D eigenvalue weighted by molar-refractivity contribution is 0.0952. The second kappa shape index (κ2) is 5.64. The summed E-state index contributed by atoms with van der Waals surface area (Å²) in [6.07, 6.45) is 1.63. The van der Waals surface area contributed by atoms with Crippen LogP contribution >= 0.6 is 31.9 Å². The van der Waals surface area contributed by atoms with E-state index in [2.05, 4.69) is 38.4 Å². The molecule has 4 heteroatoms. The average Bonchev–Trinajstić information content (AvgIpc) is 2.27. The maximum Gasteiger partial charge on any atom is 0.170 e. The van der Waals surface area contributed by atoms with Gasteiger partial charge in [0, 0.05) is 16.0 Å². The maximum absolute atomic E-state index is 12.0. The standard InChI is InChI=1S/C12H12Br2O2/c1-4-7(2)12(15)8-5-11(16-3)10(14)6-9(8)13/h4-7H,1H2,2-3H3. The van der Waals surface area contributed by atoms with Gasteiger partial charge in [0.25, 0.3) is 0 Å². The molecular weight excluding hydrogens is 336 g/mol. The molecule has 0 saturated carbocycles. The number of carbonyl (C=O) groups is 1. The second-order valence-electron chi connectivity index (χ2n) is 3.36. The molecule has 86 valence electrons. The van der Waals surface area contributed by atoms with Crippen LogP contribution in [0.15, 0.2) is 33.7 Å². The number of ether oxygens (including phenoxy) is 1. The molecule has 0 radical (unpaired) electrons. The molecule has 1 aromatic rings. The molecule has 0 bridgehead atoms. The summed E-state index contributed by atoms with van der Waals surface area (Å²) in [4.78, 5) is 12.0. The van der Waals surface area contributed by atoms with Gasteiger partial charge in [-0.3, -0.25) is 4.79 Å². The molecule has 0 heterocycles. The first kappa shape index (κ1) is 13.5. The number of benzene rings is 1. The number of carbonyl (C=O) groups excluding carboxylic acids is 1. The van der Waals surface area contributed by atoms with E-state index in [0.717, 1.165) is 8.95 Å². The highest BCUT2D eigenvalue weighted by atomic mass is 79.9. The van der Waals surface area contributed by atoms with Gasteiger partial charge in [0.15, 0.2) is 5.78 Å². The molecule has 1 atom stereocenters. The summed E-state index contributed by atoms with van der Waals surface area (Å²) in [5, 5.41) is 0. The normalized spacial score (nSPS) is 12.0. The number of ketones is 1. The van der Waals surface area contributed by atoms with Crippen molar-refractivity contribution in [1.29, 1.82) is 0 Å². The third kappa shape index (κ3) is 2.74.